The lowest BCUT2D eigenvalue weighted by Gasteiger charge is -2.18. The number of carbonyl (C=O) groups is 2. The molecule has 184 valence electrons. The molecule has 4 rings (SSSR count). The number of hydrogen-bond acceptors (Lipinski definition) is 6. The first-order valence-electron chi connectivity index (χ1n) is 11.4. The molecule has 36 heavy (non-hydrogen) atoms. The predicted molar refractivity (Wildman–Crippen MR) is 136 cm³/mol. The SMILES string of the molecule is CCc1cc(=O)oc2cc(OC(=O)[C@H](Cc3ccccc3)NC(=O)OCc3ccccc3)c(Cl)cc12. The first-order chi connectivity index (χ1) is 17.4. The van der Waals surface area contributed by atoms with Gasteiger partial charge in [0.1, 0.15) is 18.2 Å². The number of rotatable bonds is 8. The molecule has 1 N–H and O–H groups in total. The van der Waals surface area contributed by atoms with Crippen LogP contribution in [-0.2, 0) is 29.0 Å². The third kappa shape index (κ3) is 6.31. The second-order valence-corrected chi connectivity index (χ2v) is 8.50. The number of amides is 1. The standard InChI is InChI=1S/C28H24ClNO6/c1-2-20-14-26(31)35-24-16-25(22(29)15-21(20)24)36-27(32)23(13-18-9-5-3-6-10-18)30-28(33)34-17-19-11-7-4-8-12-19/h3-12,14-16,23H,2,13,17H2,1H3,(H,30,33)/t23-/m0/s1. The van der Waals surface area contributed by atoms with Gasteiger partial charge in [0.2, 0.25) is 0 Å². The van der Waals surface area contributed by atoms with Crippen molar-refractivity contribution in [1.29, 1.82) is 0 Å². The second-order valence-electron chi connectivity index (χ2n) is 8.09. The Hall–Kier alpha value is -4.10. The van der Waals surface area contributed by atoms with Crippen molar-refractivity contribution in [3.63, 3.8) is 0 Å². The summed E-state index contributed by atoms with van der Waals surface area (Å²) in [6.45, 7) is 1.96. The Morgan fingerprint density at radius 3 is 2.31 bits per heavy atom. The maximum absolute atomic E-state index is 13.2. The van der Waals surface area contributed by atoms with Gasteiger partial charge < -0.3 is 19.2 Å². The molecule has 0 saturated heterocycles. The van der Waals surface area contributed by atoms with E-state index in [0.29, 0.717) is 11.8 Å². The van der Waals surface area contributed by atoms with Gasteiger partial charge in [0, 0.05) is 23.9 Å². The van der Waals surface area contributed by atoms with Crippen molar-refractivity contribution in [2.45, 2.75) is 32.4 Å². The minimum Gasteiger partial charge on any atom is -0.445 e. The number of carbonyl (C=O) groups excluding carboxylic acids is 2. The number of hydrogen-bond donors (Lipinski definition) is 1. The van der Waals surface area contributed by atoms with Crippen LogP contribution in [0, 0.1) is 0 Å². The van der Waals surface area contributed by atoms with Crippen LogP contribution in [0.1, 0.15) is 23.6 Å². The monoisotopic (exact) mass is 505 g/mol. The van der Waals surface area contributed by atoms with Crippen molar-refractivity contribution in [3.05, 3.63) is 111 Å². The molecule has 1 amide bonds. The maximum Gasteiger partial charge on any atom is 0.408 e. The predicted octanol–water partition coefficient (Wildman–Crippen LogP) is 5.45. The van der Waals surface area contributed by atoms with Crippen LogP contribution in [0.5, 0.6) is 5.75 Å². The highest BCUT2D eigenvalue weighted by atomic mass is 35.5. The molecule has 1 atom stereocenters. The fourth-order valence-electron chi connectivity index (χ4n) is 3.73. The summed E-state index contributed by atoms with van der Waals surface area (Å²) in [7, 11) is 0. The third-order valence-electron chi connectivity index (χ3n) is 5.55. The lowest BCUT2D eigenvalue weighted by molar-refractivity contribution is -0.136. The Labute approximate surface area is 212 Å². The van der Waals surface area contributed by atoms with E-state index in [2.05, 4.69) is 5.32 Å². The van der Waals surface area contributed by atoms with Crippen molar-refractivity contribution in [3.8, 4) is 5.75 Å². The fraction of sp³-hybridized carbons (Fsp3) is 0.179. The van der Waals surface area contributed by atoms with Gasteiger partial charge in [0.05, 0.1) is 5.02 Å². The number of nitrogens with one attached hydrogen (secondary N) is 1. The van der Waals surface area contributed by atoms with Crippen molar-refractivity contribution in [1.82, 2.24) is 5.32 Å². The molecule has 1 heterocycles. The summed E-state index contributed by atoms with van der Waals surface area (Å²) in [6, 6.07) is 21.7. The molecular weight excluding hydrogens is 482 g/mol. The van der Waals surface area contributed by atoms with Crippen LogP contribution < -0.4 is 15.7 Å². The van der Waals surface area contributed by atoms with Crippen LogP contribution in [0.15, 0.2) is 88.1 Å². The summed E-state index contributed by atoms with van der Waals surface area (Å²) in [5.41, 5.74) is 2.13. The molecule has 0 aliphatic carbocycles. The number of aryl methyl sites for hydroxylation is 1. The molecule has 0 fully saturated rings. The lowest BCUT2D eigenvalue weighted by Crippen LogP contribution is -2.44. The first-order valence-corrected chi connectivity index (χ1v) is 11.8. The normalized spacial score (nSPS) is 11.6. The summed E-state index contributed by atoms with van der Waals surface area (Å²) in [6.07, 6.45) is 0.00599. The van der Waals surface area contributed by atoms with Crippen molar-refractivity contribution in [2.75, 3.05) is 0 Å². The van der Waals surface area contributed by atoms with Gasteiger partial charge in [-0.1, -0.05) is 79.2 Å². The van der Waals surface area contributed by atoms with Gasteiger partial charge in [0.25, 0.3) is 0 Å². The highest BCUT2D eigenvalue weighted by molar-refractivity contribution is 6.33. The lowest BCUT2D eigenvalue weighted by atomic mass is 10.1. The number of fused-ring (bicyclic) bond motifs is 1. The van der Waals surface area contributed by atoms with Crippen molar-refractivity contribution >= 4 is 34.6 Å². The Kier molecular flexibility index (Phi) is 8.02. The summed E-state index contributed by atoms with van der Waals surface area (Å²) in [5, 5.41) is 3.42. The van der Waals surface area contributed by atoms with Gasteiger partial charge >= 0.3 is 17.7 Å². The van der Waals surface area contributed by atoms with E-state index < -0.39 is 23.7 Å². The molecule has 0 aliphatic rings. The highest BCUT2D eigenvalue weighted by Crippen LogP contribution is 2.31. The summed E-state index contributed by atoms with van der Waals surface area (Å²) in [4.78, 5) is 37.6. The molecular formula is C28H24ClNO6. The van der Waals surface area contributed by atoms with Gasteiger partial charge in [-0.15, -0.1) is 0 Å². The maximum atomic E-state index is 13.2. The van der Waals surface area contributed by atoms with Crippen LogP contribution >= 0.6 is 11.6 Å². The van der Waals surface area contributed by atoms with Gasteiger partial charge in [0.15, 0.2) is 5.75 Å². The van der Waals surface area contributed by atoms with E-state index in [9.17, 15) is 14.4 Å². The van der Waals surface area contributed by atoms with E-state index in [1.165, 1.54) is 12.1 Å². The quantitative estimate of drug-likeness (QED) is 0.194. The minimum atomic E-state index is -1.06. The zero-order valence-corrected chi connectivity index (χ0v) is 20.3. The van der Waals surface area contributed by atoms with E-state index in [-0.39, 0.29) is 29.4 Å². The smallest absolute Gasteiger partial charge is 0.408 e. The molecule has 4 aromatic rings. The topological polar surface area (TPSA) is 94.8 Å². The number of benzene rings is 3. The van der Waals surface area contributed by atoms with Crippen LogP contribution in [0.2, 0.25) is 5.02 Å². The first kappa shape index (κ1) is 25.0. The van der Waals surface area contributed by atoms with Gasteiger partial charge in [-0.2, -0.15) is 0 Å². The Bertz CT molecular complexity index is 1420. The number of esters is 1. The van der Waals surface area contributed by atoms with E-state index in [1.54, 1.807) is 6.07 Å². The van der Waals surface area contributed by atoms with E-state index in [1.807, 2.05) is 67.6 Å². The van der Waals surface area contributed by atoms with Crippen molar-refractivity contribution < 1.29 is 23.5 Å². The molecule has 8 heteroatoms. The molecule has 0 bridgehead atoms. The van der Waals surface area contributed by atoms with Crippen molar-refractivity contribution in [2.24, 2.45) is 0 Å². The molecule has 7 nitrogen and oxygen atoms in total. The summed E-state index contributed by atoms with van der Waals surface area (Å²) >= 11 is 6.40. The van der Waals surface area contributed by atoms with Gasteiger partial charge in [-0.05, 0) is 29.2 Å². The Balaban J connectivity index is 1.54. The average Bonchev–Trinajstić information content (AvgIpc) is 2.88. The summed E-state index contributed by atoms with van der Waals surface area (Å²) < 4.78 is 16.1. The Morgan fingerprint density at radius 2 is 1.64 bits per heavy atom. The number of halogens is 1. The molecule has 0 saturated carbocycles. The molecule has 0 unspecified atom stereocenters. The highest BCUT2D eigenvalue weighted by Gasteiger charge is 2.25. The van der Waals surface area contributed by atoms with E-state index in [0.717, 1.165) is 16.7 Å². The second kappa shape index (κ2) is 11.6. The largest absolute Gasteiger partial charge is 0.445 e. The summed E-state index contributed by atoms with van der Waals surface area (Å²) in [5.74, 6) is -0.728. The van der Waals surface area contributed by atoms with Crippen LogP contribution in [0.4, 0.5) is 4.79 Å². The van der Waals surface area contributed by atoms with Gasteiger partial charge in [-0.25, -0.2) is 14.4 Å². The van der Waals surface area contributed by atoms with Crippen LogP contribution in [0.3, 0.4) is 0 Å². The minimum absolute atomic E-state index is 0.0167. The molecule has 0 radical (unpaired) electrons. The average molecular weight is 506 g/mol. The molecule has 0 aliphatic heterocycles. The van der Waals surface area contributed by atoms with E-state index in [4.69, 9.17) is 25.5 Å². The van der Waals surface area contributed by atoms with Gasteiger partial charge in [-0.3, -0.25) is 0 Å². The number of alkyl carbamates (subject to hydrolysis) is 1. The molecule has 0 spiro atoms. The van der Waals surface area contributed by atoms with Crippen LogP contribution in [0.25, 0.3) is 11.0 Å². The third-order valence-corrected chi connectivity index (χ3v) is 5.84. The van der Waals surface area contributed by atoms with E-state index >= 15 is 0 Å². The molecule has 3 aromatic carbocycles. The zero-order chi connectivity index (χ0) is 25.5. The Morgan fingerprint density at radius 1 is 0.972 bits per heavy atom. The zero-order valence-electron chi connectivity index (χ0n) is 19.5. The van der Waals surface area contributed by atoms with Crippen LogP contribution in [-0.4, -0.2) is 18.1 Å². The molecule has 1 aromatic heterocycles. The fourth-order valence-corrected chi connectivity index (χ4v) is 3.93. The number of ether oxygens (including phenoxy) is 2.